The lowest BCUT2D eigenvalue weighted by molar-refractivity contribution is 0.518. The fourth-order valence-corrected chi connectivity index (χ4v) is 0.519. The highest BCUT2D eigenvalue weighted by molar-refractivity contribution is 4.73. The van der Waals surface area contributed by atoms with Crippen LogP contribution in [0.25, 0.3) is 0 Å². The molecule has 9 heavy (non-hydrogen) atoms. The van der Waals surface area contributed by atoms with Gasteiger partial charge < -0.3 is 5.32 Å². The van der Waals surface area contributed by atoms with Gasteiger partial charge in [-0.3, -0.25) is 0 Å². The molecule has 0 aromatic rings. The summed E-state index contributed by atoms with van der Waals surface area (Å²) in [5.41, 5.74) is 0. The molecule has 0 fully saturated rings. The zero-order valence-corrected chi connectivity index (χ0v) is 6.15. The Labute approximate surface area is 56.9 Å². The van der Waals surface area contributed by atoms with Gasteiger partial charge in [-0.15, -0.1) is 0 Å². The minimum atomic E-state index is 0.477. The first-order chi connectivity index (χ1) is 4.31. The summed E-state index contributed by atoms with van der Waals surface area (Å²) in [7, 11) is 0. The summed E-state index contributed by atoms with van der Waals surface area (Å²) in [6.07, 6.45) is 1.18. The van der Waals surface area contributed by atoms with E-state index in [1.54, 1.807) is 0 Å². The average Bonchev–Trinajstić information content (AvgIpc) is 1.89. The summed E-state index contributed by atoms with van der Waals surface area (Å²) < 4.78 is 0. The summed E-state index contributed by atoms with van der Waals surface area (Å²) in [4.78, 5) is 0. The van der Waals surface area contributed by atoms with Crippen molar-refractivity contribution < 1.29 is 0 Å². The Morgan fingerprint density at radius 3 is 2.78 bits per heavy atom. The van der Waals surface area contributed by atoms with Crippen LogP contribution in [0.3, 0.4) is 0 Å². The Morgan fingerprint density at radius 2 is 2.33 bits per heavy atom. The molecule has 2 nitrogen and oxygen atoms in total. The molecule has 0 bridgehead atoms. The zero-order chi connectivity index (χ0) is 7.11. The van der Waals surface area contributed by atoms with Crippen molar-refractivity contribution >= 4 is 0 Å². The van der Waals surface area contributed by atoms with Gasteiger partial charge in [0.2, 0.25) is 0 Å². The van der Waals surface area contributed by atoms with Gasteiger partial charge >= 0.3 is 0 Å². The van der Waals surface area contributed by atoms with Crippen LogP contribution in [0.2, 0.25) is 0 Å². The second kappa shape index (κ2) is 5.58. The summed E-state index contributed by atoms with van der Waals surface area (Å²) in [5.74, 6) is 0.693. The average molecular weight is 126 g/mol. The van der Waals surface area contributed by atoms with E-state index in [1.165, 1.54) is 6.42 Å². The Hall–Kier alpha value is -0.550. The zero-order valence-electron chi connectivity index (χ0n) is 6.15. The number of nitrogens with one attached hydrogen (secondary N) is 1. The van der Waals surface area contributed by atoms with Crippen molar-refractivity contribution in [3.05, 3.63) is 0 Å². The van der Waals surface area contributed by atoms with E-state index in [2.05, 4.69) is 19.2 Å². The van der Waals surface area contributed by atoms with Gasteiger partial charge in [0.05, 0.1) is 12.6 Å². The van der Waals surface area contributed by atoms with Crippen molar-refractivity contribution in [3.63, 3.8) is 0 Å². The molecule has 0 aromatic heterocycles. The predicted molar refractivity (Wildman–Crippen MR) is 37.9 cm³/mol. The van der Waals surface area contributed by atoms with E-state index in [9.17, 15) is 0 Å². The highest BCUT2D eigenvalue weighted by atomic mass is 14.8. The first-order valence-corrected chi connectivity index (χ1v) is 3.39. The second-order valence-electron chi connectivity index (χ2n) is 2.30. The smallest absolute Gasteiger partial charge is 0.0841 e. The topological polar surface area (TPSA) is 35.8 Å². The lowest BCUT2D eigenvalue weighted by Gasteiger charge is -2.05. The van der Waals surface area contributed by atoms with Gasteiger partial charge in [-0.2, -0.15) is 5.26 Å². The van der Waals surface area contributed by atoms with E-state index < -0.39 is 0 Å². The number of nitrogens with zero attached hydrogens (tertiary/aromatic N) is 1. The van der Waals surface area contributed by atoms with E-state index in [1.807, 2.05) is 6.07 Å². The molecule has 2 heteroatoms. The molecule has 0 rings (SSSR count). The maximum atomic E-state index is 8.14. The summed E-state index contributed by atoms with van der Waals surface area (Å²) in [6.45, 7) is 5.76. The van der Waals surface area contributed by atoms with Crippen LogP contribution < -0.4 is 5.32 Å². The van der Waals surface area contributed by atoms with E-state index in [-0.39, 0.29) is 0 Å². The fourth-order valence-electron chi connectivity index (χ4n) is 0.519. The lowest BCUT2D eigenvalue weighted by atomic mass is 10.1. The molecule has 0 saturated carbocycles. The van der Waals surface area contributed by atoms with Gasteiger partial charge in [-0.25, -0.2) is 0 Å². The third-order valence-electron chi connectivity index (χ3n) is 1.39. The lowest BCUT2D eigenvalue weighted by Crippen LogP contribution is -2.20. The van der Waals surface area contributed by atoms with Gasteiger partial charge in [0.1, 0.15) is 0 Å². The van der Waals surface area contributed by atoms with Gasteiger partial charge in [0.25, 0.3) is 0 Å². The molecule has 0 saturated heterocycles. The molecule has 0 aromatic carbocycles. The standard InChI is InChI=1S/C7H14N2/c1-3-7(2)6-9-5-4-8/h7,9H,3,5-6H2,1-2H3. The van der Waals surface area contributed by atoms with Crippen molar-refractivity contribution in [2.75, 3.05) is 13.1 Å². The number of hydrogen-bond donors (Lipinski definition) is 1. The molecule has 0 aliphatic carbocycles. The Morgan fingerprint density at radius 1 is 1.67 bits per heavy atom. The number of rotatable bonds is 4. The fraction of sp³-hybridized carbons (Fsp3) is 0.857. The van der Waals surface area contributed by atoms with E-state index in [0.29, 0.717) is 12.5 Å². The molecular formula is C7H14N2. The molecule has 0 aliphatic heterocycles. The van der Waals surface area contributed by atoms with E-state index >= 15 is 0 Å². The van der Waals surface area contributed by atoms with Crippen molar-refractivity contribution in [3.8, 4) is 6.07 Å². The van der Waals surface area contributed by atoms with Crippen LogP contribution in [-0.4, -0.2) is 13.1 Å². The highest BCUT2D eigenvalue weighted by Crippen LogP contribution is 1.95. The first kappa shape index (κ1) is 8.45. The molecule has 0 heterocycles. The third-order valence-corrected chi connectivity index (χ3v) is 1.39. The molecule has 1 N–H and O–H groups in total. The van der Waals surface area contributed by atoms with Crippen molar-refractivity contribution in [2.45, 2.75) is 20.3 Å². The number of nitriles is 1. The van der Waals surface area contributed by atoms with Crippen LogP contribution in [0, 0.1) is 17.2 Å². The van der Waals surface area contributed by atoms with Gasteiger partial charge in [-0.1, -0.05) is 20.3 Å². The Balaban J connectivity index is 2.99. The molecule has 0 radical (unpaired) electrons. The van der Waals surface area contributed by atoms with Crippen LogP contribution in [0.5, 0.6) is 0 Å². The Kier molecular flexibility index (Phi) is 5.24. The predicted octanol–water partition coefficient (Wildman–Crippen LogP) is 1.15. The summed E-state index contributed by atoms with van der Waals surface area (Å²) >= 11 is 0. The van der Waals surface area contributed by atoms with E-state index in [4.69, 9.17) is 5.26 Å². The van der Waals surface area contributed by atoms with Crippen LogP contribution in [0.15, 0.2) is 0 Å². The van der Waals surface area contributed by atoms with Crippen LogP contribution >= 0.6 is 0 Å². The number of hydrogen-bond acceptors (Lipinski definition) is 2. The minimum absolute atomic E-state index is 0.477. The van der Waals surface area contributed by atoms with Gasteiger partial charge in [-0.05, 0) is 12.5 Å². The van der Waals surface area contributed by atoms with Crippen molar-refractivity contribution in [2.24, 2.45) is 5.92 Å². The Bertz CT molecular complexity index is 93.6. The molecule has 0 spiro atoms. The summed E-state index contributed by atoms with van der Waals surface area (Å²) in [5, 5.41) is 11.2. The third kappa shape index (κ3) is 5.32. The monoisotopic (exact) mass is 126 g/mol. The first-order valence-electron chi connectivity index (χ1n) is 3.39. The SMILES string of the molecule is CCC(C)CNCC#N. The van der Waals surface area contributed by atoms with Crippen LogP contribution in [0.1, 0.15) is 20.3 Å². The molecular weight excluding hydrogens is 112 g/mol. The van der Waals surface area contributed by atoms with Crippen LogP contribution in [0.4, 0.5) is 0 Å². The quantitative estimate of drug-likeness (QED) is 0.453. The van der Waals surface area contributed by atoms with Crippen molar-refractivity contribution in [1.29, 1.82) is 5.26 Å². The molecule has 1 atom stereocenters. The minimum Gasteiger partial charge on any atom is -0.304 e. The van der Waals surface area contributed by atoms with Crippen LogP contribution in [-0.2, 0) is 0 Å². The summed E-state index contributed by atoms with van der Waals surface area (Å²) in [6, 6.07) is 2.04. The normalized spacial score (nSPS) is 12.6. The highest BCUT2D eigenvalue weighted by Gasteiger charge is 1.94. The molecule has 52 valence electrons. The molecule has 1 unspecified atom stereocenters. The maximum Gasteiger partial charge on any atom is 0.0841 e. The second-order valence-corrected chi connectivity index (χ2v) is 2.30. The van der Waals surface area contributed by atoms with Gasteiger partial charge in [0, 0.05) is 0 Å². The maximum absolute atomic E-state index is 8.14. The molecule has 0 amide bonds. The molecule has 0 aliphatic rings. The van der Waals surface area contributed by atoms with Gasteiger partial charge in [0.15, 0.2) is 0 Å². The van der Waals surface area contributed by atoms with Crippen molar-refractivity contribution in [1.82, 2.24) is 5.32 Å². The van der Waals surface area contributed by atoms with E-state index in [0.717, 1.165) is 6.54 Å². The largest absolute Gasteiger partial charge is 0.304 e.